The zero-order valence-corrected chi connectivity index (χ0v) is 19.8. The lowest BCUT2D eigenvalue weighted by molar-refractivity contribution is -0.134. The number of likely N-dealkylation sites (N-methyl/N-ethyl adjacent to an activating group) is 1. The summed E-state index contributed by atoms with van der Waals surface area (Å²) in [5.74, 6) is 0.258. The number of pyridine rings is 1. The number of hydrogen-bond donors (Lipinski definition) is 0. The Balaban J connectivity index is 1.26. The summed E-state index contributed by atoms with van der Waals surface area (Å²) in [6.45, 7) is 16.7. The second-order valence-electron chi connectivity index (χ2n) is 8.91. The van der Waals surface area contributed by atoms with Gasteiger partial charge in [0.15, 0.2) is 0 Å². The Morgan fingerprint density at radius 2 is 1.88 bits per heavy atom. The molecule has 1 amide bonds. The first kappa shape index (κ1) is 22.9. The first-order valence-corrected chi connectivity index (χ1v) is 12.0. The molecule has 0 N–H and O–H groups in total. The van der Waals surface area contributed by atoms with Crippen molar-refractivity contribution in [3.8, 4) is 5.69 Å². The van der Waals surface area contributed by atoms with E-state index in [-0.39, 0.29) is 5.91 Å². The number of amides is 1. The molecule has 8 heteroatoms. The van der Waals surface area contributed by atoms with E-state index in [2.05, 4.69) is 39.7 Å². The van der Waals surface area contributed by atoms with Crippen LogP contribution in [0.15, 0.2) is 24.5 Å². The van der Waals surface area contributed by atoms with Gasteiger partial charge >= 0.3 is 0 Å². The van der Waals surface area contributed by atoms with Crippen molar-refractivity contribution in [3.05, 3.63) is 41.5 Å². The normalized spacial score (nSPS) is 17.7. The molecule has 0 bridgehead atoms. The SMILES string of the molecule is CCN(CC)CCN1CCN(C(=O)CN2CCc3nn(-c4ccnc(C)c4)cc3C2)CC1. The van der Waals surface area contributed by atoms with E-state index in [1.165, 1.54) is 5.56 Å². The van der Waals surface area contributed by atoms with Gasteiger partial charge in [0.25, 0.3) is 0 Å². The third-order valence-corrected chi connectivity index (χ3v) is 6.79. The molecule has 2 aromatic rings. The summed E-state index contributed by atoms with van der Waals surface area (Å²) in [4.78, 5) is 26.5. The minimum atomic E-state index is 0.258. The molecule has 174 valence electrons. The predicted molar refractivity (Wildman–Crippen MR) is 126 cm³/mol. The van der Waals surface area contributed by atoms with Crippen molar-refractivity contribution in [3.63, 3.8) is 0 Å². The summed E-state index contributed by atoms with van der Waals surface area (Å²) in [6.07, 6.45) is 4.81. The Labute approximate surface area is 191 Å². The summed E-state index contributed by atoms with van der Waals surface area (Å²) >= 11 is 0. The number of aryl methyl sites for hydroxylation is 1. The molecule has 1 saturated heterocycles. The quantitative estimate of drug-likeness (QED) is 0.620. The van der Waals surface area contributed by atoms with Crippen LogP contribution >= 0.6 is 0 Å². The average Bonchev–Trinajstić information content (AvgIpc) is 3.24. The second-order valence-corrected chi connectivity index (χ2v) is 8.91. The molecular weight excluding hydrogens is 402 g/mol. The van der Waals surface area contributed by atoms with E-state index in [1.54, 1.807) is 0 Å². The number of nitrogens with zero attached hydrogens (tertiary/aromatic N) is 7. The van der Waals surface area contributed by atoms with Crippen molar-refractivity contribution >= 4 is 5.91 Å². The molecule has 4 heterocycles. The molecule has 0 unspecified atom stereocenters. The largest absolute Gasteiger partial charge is 0.339 e. The first-order valence-electron chi connectivity index (χ1n) is 12.0. The van der Waals surface area contributed by atoms with Crippen molar-refractivity contribution in [2.24, 2.45) is 0 Å². The van der Waals surface area contributed by atoms with Crippen LogP contribution in [0.3, 0.4) is 0 Å². The molecular formula is C24H37N7O. The Morgan fingerprint density at radius 3 is 2.59 bits per heavy atom. The highest BCUT2D eigenvalue weighted by Crippen LogP contribution is 2.20. The van der Waals surface area contributed by atoms with Crippen LogP contribution in [0.1, 0.15) is 30.8 Å². The zero-order chi connectivity index (χ0) is 22.5. The van der Waals surface area contributed by atoms with Gasteiger partial charge in [-0.25, -0.2) is 4.68 Å². The van der Waals surface area contributed by atoms with Gasteiger partial charge in [-0.2, -0.15) is 5.10 Å². The Kier molecular flexibility index (Phi) is 7.55. The van der Waals surface area contributed by atoms with Crippen LogP contribution in [0.25, 0.3) is 5.69 Å². The number of piperazine rings is 1. The van der Waals surface area contributed by atoms with Gasteiger partial charge in [0.2, 0.25) is 5.91 Å². The fourth-order valence-electron chi connectivity index (χ4n) is 4.65. The molecule has 1 fully saturated rings. The topological polar surface area (TPSA) is 60.7 Å². The van der Waals surface area contributed by atoms with E-state index in [4.69, 9.17) is 5.10 Å². The Morgan fingerprint density at radius 1 is 1.09 bits per heavy atom. The molecule has 2 aliphatic heterocycles. The number of hydrogen-bond acceptors (Lipinski definition) is 6. The highest BCUT2D eigenvalue weighted by atomic mass is 16.2. The van der Waals surface area contributed by atoms with Crippen molar-refractivity contribution in [2.75, 3.05) is 65.4 Å². The van der Waals surface area contributed by atoms with E-state index >= 15 is 0 Å². The van der Waals surface area contributed by atoms with Crippen molar-refractivity contribution in [2.45, 2.75) is 33.7 Å². The second kappa shape index (κ2) is 10.6. The molecule has 0 saturated carbocycles. The summed E-state index contributed by atoms with van der Waals surface area (Å²) in [5, 5.41) is 4.77. The van der Waals surface area contributed by atoms with Gasteiger partial charge in [-0.15, -0.1) is 0 Å². The molecule has 0 spiro atoms. The van der Waals surface area contributed by atoms with Crippen LogP contribution in [0, 0.1) is 6.92 Å². The molecule has 0 aromatic carbocycles. The van der Waals surface area contributed by atoms with Crippen LogP contribution in [0.2, 0.25) is 0 Å². The first-order chi connectivity index (χ1) is 15.6. The van der Waals surface area contributed by atoms with E-state index in [0.717, 1.165) is 88.9 Å². The summed E-state index contributed by atoms with van der Waals surface area (Å²) < 4.78 is 1.95. The highest BCUT2D eigenvalue weighted by molar-refractivity contribution is 5.78. The number of carbonyl (C=O) groups excluding carboxylic acids is 1. The highest BCUT2D eigenvalue weighted by Gasteiger charge is 2.26. The fraction of sp³-hybridized carbons (Fsp3) is 0.625. The number of carbonyl (C=O) groups is 1. The maximum atomic E-state index is 12.9. The third kappa shape index (κ3) is 5.54. The van der Waals surface area contributed by atoms with Crippen LogP contribution < -0.4 is 0 Å². The minimum absolute atomic E-state index is 0.258. The van der Waals surface area contributed by atoms with Gasteiger partial charge in [-0.05, 0) is 32.1 Å². The molecule has 0 atom stereocenters. The van der Waals surface area contributed by atoms with Gasteiger partial charge in [-0.1, -0.05) is 13.8 Å². The summed E-state index contributed by atoms with van der Waals surface area (Å²) in [6, 6.07) is 4.02. The average molecular weight is 440 g/mol. The Bertz CT molecular complexity index is 900. The smallest absolute Gasteiger partial charge is 0.236 e. The lowest BCUT2D eigenvalue weighted by Gasteiger charge is -2.37. The minimum Gasteiger partial charge on any atom is -0.339 e. The van der Waals surface area contributed by atoms with Gasteiger partial charge in [-0.3, -0.25) is 19.6 Å². The lowest BCUT2D eigenvalue weighted by atomic mass is 10.1. The fourth-order valence-corrected chi connectivity index (χ4v) is 4.65. The van der Waals surface area contributed by atoms with E-state index < -0.39 is 0 Å². The number of fused-ring (bicyclic) bond motifs is 1. The van der Waals surface area contributed by atoms with Gasteiger partial charge in [0, 0.05) is 82.4 Å². The van der Waals surface area contributed by atoms with Crippen LogP contribution in [0.4, 0.5) is 0 Å². The van der Waals surface area contributed by atoms with E-state index in [0.29, 0.717) is 6.54 Å². The van der Waals surface area contributed by atoms with Crippen molar-refractivity contribution < 1.29 is 4.79 Å². The maximum absolute atomic E-state index is 12.9. The maximum Gasteiger partial charge on any atom is 0.236 e. The predicted octanol–water partition coefficient (Wildman–Crippen LogP) is 1.42. The van der Waals surface area contributed by atoms with E-state index in [1.807, 2.05) is 34.8 Å². The molecule has 2 aliphatic rings. The third-order valence-electron chi connectivity index (χ3n) is 6.79. The van der Waals surface area contributed by atoms with E-state index in [9.17, 15) is 4.79 Å². The van der Waals surface area contributed by atoms with Gasteiger partial charge < -0.3 is 9.80 Å². The molecule has 32 heavy (non-hydrogen) atoms. The standard InChI is InChI=1S/C24H37N7O/c1-4-27(5-2)10-11-28-12-14-30(15-13-28)24(32)19-29-9-7-23-21(17-29)18-31(26-23)22-6-8-25-20(3)16-22/h6,8,16,18H,4-5,7,9-15,17,19H2,1-3H3. The molecule has 4 rings (SSSR count). The van der Waals surface area contributed by atoms with Crippen LogP contribution in [0.5, 0.6) is 0 Å². The van der Waals surface area contributed by atoms with Gasteiger partial charge in [0.05, 0.1) is 17.9 Å². The molecule has 2 aromatic heterocycles. The zero-order valence-electron chi connectivity index (χ0n) is 19.8. The summed E-state index contributed by atoms with van der Waals surface area (Å²) in [5.41, 5.74) is 4.38. The number of aromatic nitrogens is 3. The van der Waals surface area contributed by atoms with Crippen LogP contribution in [-0.4, -0.2) is 106 Å². The van der Waals surface area contributed by atoms with Crippen molar-refractivity contribution in [1.29, 1.82) is 0 Å². The van der Waals surface area contributed by atoms with Crippen LogP contribution in [-0.2, 0) is 17.8 Å². The lowest BCUT2D eigenvalue weighted by Crippen LogP contribution is -2.52. The Hall–Kier alpha value is -2.29. The van der Waals surface area contributed by atoms with Gasteiger partial charge in [0.1, 0.15) is 0 Å². The molecule has 8 nitrogen and oxygen atoms in total. The van der Waals surface area contributed by atoms with Crippen molar-refractivity contribution in [1.82, 2.24) is 34.4 Å². The molecule has 0 aliphatic carbocycles. The monoisotopic (exact) mass is 439 g/mol. The molecule has 0 radical (unpaired) electrons. The summed E-state index contributed by atoms with van der Waals surface area (Å²) in [7, 11) is 0. The number of rotatable bonds is 8.